The van der Waals surface area contributed by atoms with Gasteiger partial charge in [0.25, 0.3) is 5.91 Å². The number of halogens is 3. The van der Waals surface area contributed by atoms with Crippen molar-refractivity contribution in [2.45, 2.75) is 6.54 Å². The van der Waals surface area contributed by atoms with Crippen LogP contribution in [0.25, 0.3) is 0 Å². The molecule has 0 saturated carbocycles. The van der Waals surface area contributed by atoms with Crippen molar-refractivity contribution in [3.05, 3.63) is 53.7 Å². The summed E-state index contributed by atoms with van der Waals surface area (Å²) in [6.45, 7) is 4.53. The second-order valence-electron chi connectivity index (χ2n) is 6.08. The fraction of sp³-hybridized carbons (Fsp3) is 0.333. The lowest BCUT2D eigenvalue weighted by molar-refractivity contribution is 0.0952. The summed E-state index contributed by atoms with van der Waals surface area (Å²) >= 11 is 0. The third kappa shape index (κ3) is 6.74. The largest absolute Gasteiger partial charge is 0.398 e. The van der Waals surface area contributed by atoms with Gasteiger partial charge in [-0.15, -0.1) is 37.2 Å². The molecule has 0 bridgehead atoms. The fourth-order valence-electron chi connectivity index (χ4n) is 2.73. The first-order valence-corrected chi connectivity index (χ1v) is 8.14. The first-order valence-electron chi connectivity index (χ1n) is 8.14. The topological polar surface area (TPSA) is 74.5 Å². The third-order valence-corrected chi connectivity index (χ3v) is 4.29. The molecule has 2 aromatic rings. The molecule has 150 valence electrons. The molecule has 0 spiro atoms. The van der Waals surface area contributed by atoms with Gasteiger partial charge in [0.15, 0.2) is 0 Å². The normalized spacial score (nSPS) is 13.6. The van der Waals surface area contributed by atoms with E-state index in [1.165, 1.54) is 0 Å². The molecule has 1 aliphatic rings. The fourth-order valence-corrected chi connectivity index (χ4v) is 2.73. The quantitative estimate of drug-likeness (QED) is 0.724. The zero-order valence-corrected chi connectivity index (χ0v) is 17.6. The van der Waals surface area contributed by atoms with Crippen LogP contribution in [0, 0.1) is 0 Å². The molecule has 9 heteroatoms. The Morgan fingerprint density at radius 2 is 1.74 bits per heavy atom. The van der Waals surface area contributed by atoms with Crippen molar-refractivity contribution in [3.8, 4) is 0 Å². The Morgan fingerprint density at radius 3 is 2.33 bits per heavy atom. The van der Waals surface area contributed by atoms with Gasteiger partial charge in [-0.25, -0.2) is 4.98 Å². The molecule has 0 unspecified atom stereocenters. The van der Waals surface area contributed by atoms with Gasteiger partial charge in [0.2, 0.25) is 0 Å². The van der Waals surface area contributed by atoms with E-state index in [9.17, 15) is 4.79 Å². The number of pyridine rings is 1. The highest BCUT2D eigenvalue weighted by Crippen LogP contribution is 2.14. The van der Waals surface area contributed by atoms with Gasteiger partial charge >= 0.3 is 0 Å². The van der Waals surface area contributed by atoms with E-state index >= 15 is 0 Å². The predicted molar refractivity (Wildman–Crippen MR) is 118 cm³/mol. The van der Waals surface area contributed by atoms with Crippen molar-refractivity contribution in [2.75, 3.05) is 43.9 Å². The number of anilines is 2. The zero-order chi connectivity index (χ0) is 16.9. The van der Waals surface area contributed by atoms with Crippen molar-refractivity contribution in [1.29, 1.82) is 0 Å². The Balaban J connectivity index is 0.00000225. The van der Waals surface area contributed by atoms with Crippen LogP contribution in [0.1, 0.15) is 15.9 Å². The molecule has 6 nitrogen and oxygen atoms in total. The number of hydrogen-bond acceptors (Lipinski definition) is 5. The molecule has 1 amide bonds. The van der Waals surface area contributed by atoms with E-state index < -0.39 is 0 Å². The molecule has 3 N–H and O–H groups in total. The van der Waals surface area contributed by atoms with Gasteiger partial charge in [-0.3, -0.25) is 4.79 Å². The van der Waals surface area contributed by atoms with E-state index in [-0.39, 0.29) is 43.1 Å². The molecular weight excluding hydrogens is 409 g/mol. The third-order valence-electron chi connectivity index (χ3n) is 4.29. The number of nitrogen functional groups attached to an aromatic ring is 1. The number of nitrogens with one attached hydrogen (secondary N) is 1. The molecule has 1 saturated heterocycles. The summed E-state index contributed by atoms with van der Waals surface area (Å²) in [5.74, 6) is 0.821. The SMILES string of the molecule is CN1CCN(c2ccc(CNC(=O)c3ccccc3N)cn2)CC1.Cl.Cl.Cl. The molecule has 3 rings (SSSR count). The number of nitrogens with zero attached hydrogens (tertiary/aromatic N) is 3. The van der Waals surface area contributed by atoms with Gasteiger partial charge in [-0.2, -0.15) is 0 Å². The van der Waals surface area contributed by atoms with Gasteiger partial charge in [0.1, 0.15) is 5.82 Å². The van der Waals surface area contributed by atoms with Crippen LogP contribution in [0.2, 0.25) is 0 Å². The number of carbonyl (C=O) groups is 1. The number of aromatic nitrogens is 1. The molecule has 0 radical (unpaired) electrons. The standard InChI is InChI=1S/C18H23N5O.3ClH/c1-22-8-10-23(11-9-22)17-7-6-14(12-20-17)13-21-18(24)15-4-2-3-5-16(15)19;;;/h2-7,12H,8-11,13,19H2,1H3,(H,21,24);3*1H. The highest BCUT2D eigenvalue weighted by molar-refractivity contribution is 5.99. The maximum Gasteiger partial charge on any atom is 0.253 e. The van der Waals surface area contributed by atoms with E-state index in [1.54, 1.807) is 18.2 Å². The Hall–Kier alpha value is -1.73. The zero-order valence-electron chi connectivity index (χ0n) is 15.1. The van der Waals surface area contributed by atoms with E-state index in [1.807, 2.05) is 24.4 Å². The minimum absolute atomic E-state index is 0. The van der Waals surface area contributed by atoms with Crippen LogP contribution in [-0.2, 0) is 6.54 Å². The Labute approximate surface area is 178 Å². The number of amides is 1. The minimum Gasteiger partial charge on any atom is -0.398 e. The lowest BCUT2D eigenvalue weighted by Gasteiger charge is -2.33. The molecule has 2 heterocycles. The van der Waals surface area contributed by atoms with E-state index in [0.717, 1.165) is 37.6 Å². The summed E-state index contributed by atoms with van der Waals surface area (Å²) in [5, 5.41) is 2.88. The van der Waals surface area contributed by atoms with Gasteiger partial charge in [-0.05, 0) is 30.8 Å². The van der Waals surface area contributed by atoms with Gasteiger partial charge in [0.05, 0.1) is 5.56 Å². The first-order chi connectivity index (χ1) is 11.6. The van der Waals surface area contributed by atoms with Crippen molar-refractivity contribution in [3.63, 3.8) is 0 Å². The lowest BCUT2D eigenvalue weighted by atomic mass is 10.1. The molecule has 1 aliphatic heterocycles. The van der Waals surface area contributed by atoms with Crippen molar-refractivity contribution < 1.29 is 4.79 Å². The number of benzene rings is 1. The summed E-state index contributed by atoms with van der Waals surface area (Å²) < 4.78 is 0. The number of likely N-dealkylation sites (N-methyl/N-ethyl adjacent to an activating group) is 1. The summed E-state index contributed by atoms with van der Waals surface area (Å²) in [5.41, 5.74) is 7.77. The highest BCUT2D eigenvalue weighted by Gasteiger charge is 2.15. The Bertz CT molecular complexity index is 706. The lowest BCUT2D eigenvalue weighted by Crippen LogP contribution is -2.44. The maximum absolute atomic E-state index is 12.2. The second-order valence-corrected chi connectivity index (χ2v) is 6.08. The second kappa shape index (κ2) is 11.9. The molecule has 0 atom stereocenters. The van der Waals surface area contributed by atoms with Gasteiger partial charge in [-0.1, -0.05) is 18.2 Å². The number of para-hydroxylation sites is 1. The van der Waals surface area contributed by atoms with Crippen molar-refractivity contribution >= 4 is 54.6 Å². The van der Waals surface area contributed by atoms with Crippen LogP contribution in [0.3, 0.4) is 0 Å². The highest BCUT2D eigenvalue weighted by atomic mass is 35.5. The number of rotatable bonds is 4. The molecule has 0 aliphatic carbocycles. The van der Waals surface area contributed by atoms with Crippen LogP contribution < -0.4 is 16.0 Å². The number of carbonyl (C=O) groups excluding carboxylic acids is 1. The maximum atomic E-state index is 12.2. The minimum atomic E-state index is -0.170. The van der Waals surface area contributed by atoms with Crippen LogP contribution in [0.15, 0.2) is 42.6 Å². The Kier molecular flexibility index (Phi) is 11.1. The van der Waals surface area contributed by atoms with Crippen LogP contribution in [0.4, 0.5) is 11.5 Å². The van der Waals surface area contributed by atoms with Crippen LogP contribution in [0.5, 0.6) is 0 Å². The van der Waals surface area contributed by atoms with Crippen LogP contribution >= 0.6 is 37.2 Å². The van der Waals surface area contributed by atoms with E-state index in [4.69, 9.17) is 5.73 Å². The molecule has 1 aromatic carbocycles. The number of hydrogen-bond donors (Lipinski definition) is 2. The first kappa shape index (κ1) is 25.3. The van der Waals surface area contributed by atoms with E-state index in [2.05, 4.69) is 27.1 Å². The summed E-state index contributed by atoms with van der Waals surface area (Å²) in [7, 11) is 2.13. The Morgan fingerprint density at radius 1 is 1.07 bits per heavy atom. The predicted octanol–water partition coefficient (Wildman–Crippen LogP) is 2.61. The summed E-state index contributed by atoms with van der Waals surface area (Å²) in [6, 6.07) is 11.1. The van der Waals surface area contributed by atoms with Gasteiger partial charge in [0, 0.05) is 44.6 Å². The van der Waals surface area contributed by atoms with E-state index in [0.29, 0.717) is 17.8 Å². The van der Waals surface area contributed by atoms with Gasteiger partial charge < -0.3 is 20.9 Å². The molecule has 1 aromatic heterocycles. The number of piperazine rings is 1. The summed E-state index contributed by atoms with van der Waals surface area (Å²) in [6.07, 6.45) is 1.82. The summed E-state index contributed by atoms with van der Waals surface area (Å²) in [4.78, 5) is 21.3. The number of nitrogens with two attached hydrogens (primary N) is 1. The average molecular weight is 435 g/mol. The van der Waals surface area contributed by atoms with Crippen molar-refractivity contribution in [1.82, 2.24) is 15.2 Å². The monoisotopic (exact) mass is 433 g/mol. The molecule has 27 heavy (non-hydrogen) atoms. The molecule has 1 fully saturated rings. The average Bonchev–Trinajstić information content (AvgIpc) is 2.61. The molecular formula is C18H26Cl3N5O. The smallest absolute Gasteiger partial charge is 0.253 e. The van der Waals surface area contributed by atoms with Crippen LogP contribution in [-0.4, -0.2) is 49.0 Å². The van der Waals surface area contributed by atoms with Crippen molar-refractivity contribution in [2.24, 2.45) is 0 Å².